The fourth-order valence-corrected chi connectivity index (χ4v) is 1.96. The summed E-state index contributed by atoms with van der Waals surface area (Å²) in [6.45, 7) is 2.13. The monoisotopic (exact) mass is 189 g/mol. The minimum atomic E-state index is 0.193. The summed E-state index contributed by atoms with van der Waals surface area (Å²) in [7, 11) is 0. The van der Waals surface area contributed by atoms with Crippen molar-refractivity contribution in [3.63, 3.8) is 0 Å². The van der Waals surface area contributed by atoms with Gasteiger partial charge in [-0.1, -0.05) is 37.3 Å². The molecule has 2 heteroatoms. The van der Waals surface area contributed by atoms with Crippen LogP contribution in [0.3, 0.4) is 0 Å². The fraction of sp³-hybridized carbons (Fsp3) is 0.417. The van der Waals surface area contributed by atoms with Gasteiger partial charge in [-0.05, 0) is 17.9 Å². The van der Waals surface area contributed by atoms with Gasteiger partial charge >= 0.3 is 0 Å². The summed E-state index contributed by atoms with van der Waals surface area (Å²) in [6, 6.07) is 10.6. The first-order valence-electron chi connectivity index (χ1n) is 5.09. The van der Waals surface area contributed by atoms with Crippen LogP contribution in [-0.4, -0.2) is 11.9 Å². The van der Waals surface area contributed by atoms with Crippen LogP contribution in [0.2, 0.25) is 0 Å². The Hall–Kier alpha value is -1.31. The average molecular weight is 189 g/mol. The van der Waals surface area contributed by atoms with E-state index in [2.05, 4.69) is 24.4 Å². The zero-order valence-corrected chi connectivity index (χ0v) is 8.36. The van der Waals surface area contributed by atoms with Crippen LogP contribution in [0.25, 0.3) is 0 Å². The fourth-order valence-electron chi connectivity index (χ4n) is 1.96. The molecule has 1 aliphatic heterocycles. The third-order valence-corrected chi connectivity index (χ3v) is 2.84. The lowest BCUT2D eigenvalue weighted by Gasteiger charge is -2.14. The molecule has 0 spiro atoms. The highest BCUT2D eigenvalue weighted by Gasteiger charge is 2.28. The second kappa shape index (κ2) is 3.82. The van der Waals surface area contributed by atoms with E-state index < -0.39 is 0 Å². The van der Waals surface area contributed by atoms with Crippen molar-refractivity contribution >= 4 is 5.91 Å². The summed E-state index contributed by atoms with van der Waals surface area (Å²) in [5.74, 6) is 0.654. The Kier molecular flexibility index (Phi) is 2.53. The molecule has 14 heavy (non-hydrogen) atoms. The predicted molar refractivity (Wildman–Crippen MR) is 55.9 cm³/mol. The van der Waals surface area contributed by atoms with Crippen LogP contribution in [0.4, 0.5) is 0 Å². The molecule has 1 amide bonds. The molecule has 1 saturated heterocycles. The van der Waals surface area contributed by atoms with Crippen molar-refractivity contribution in [3.05, 3.63) is 35.9 Å². The van der Waals surface area contributed by atoms with Crippen molar-refractivity contribution in [3.8, 4) is 0 Å². The van der Waals surface area contributed by atoms with Crippen molar-refractivity contribution in [2.45, 2.75) is 25.8 Å². The van der Waals surface area contributed by atoms with Gasteiger partial charge in [0.1, 0.15) is 0 Å². The van der Waals surface area contributed by atoms with Crippen molar-refractivity contribution in [1.82, 2.24) is 5.32 Å². The Morgan fingerprint density at radius 3 is 2.64 bits per heavy atom. The van der Waals surface area contributed by atoms with E-state index in [0.29, 0.717) is 18.4 Å². The standard InChI is InChI=1S/C12H15NO/c1-9-7-12(14)13-11(9)8-10-5-3-2-4-6-10/h2-6,9,11H,7-8H2,1H3,(H,13,14). The first kappa shape index (κ1) is 9.25. The van der Waals surface area contributed by atoms with E-state index in [1.807, 2.05) is 18.2 Å². The van der Waals surface area contributed by atoms with E-state index in [1.54, 1.807) is 0 Å². The number of carbonyl (C=O) groups is 1. The number of benzene rings is 1. The number of nitrogens with one attached hydrogen (secondary N) is 1. The first-order chi connectivity index (χ1) is 6.75. The molecule has 1 aliphatic rings. The van der Waals surface area contributed by atoms with Crippen LogP contribution >= 0.6 is 0 Å². The third-order valence-electron chi connectivity index (χ3n) is 2.84. The SMILES string of the molecule is CC1CC(=O)NC1Cc1ccccc1. The van der Waals surface area contributed by atoms with Gasteiger partial charge in [-0.15, -0.1) is 0 Å². The average Bonchev–Trinajstić information content (AvgIpc) is 2.47. The Morgan fingerprint density at radius 2 is 2.07 bits per heavy atom. The second-order valence-electron chi connectivity index (χ2n) is 4.05. The number of hydrogen-bond donors (Lipinski definition) is 1. The summed E-state index contributed by atoms with van der Waals surface area (Å²) < 4.78 is 0. The zero-order valence-electron chi connectivity index (χ0n) is 8.36. The maximum atomic E-state index is 11.1. The van der Waals surface area contributed by atoms with Gasteiger partial charge < -0.3 is 5.32 Å². The van der Waals surface area contributed by atoms with Crippen LogP contribution < -0.4 is 5.32 Å². The van der Waals surface area contributed by atoms with Gasteiger partial charge in [0.2, 0.25) is 5.91 Å². The normalized spacial score (nSPS) is 26.2. The lowest BCUT2D eigenvalue weighted by molar-refractivity contribution is -0.119. The summed E-state index contributed by atoms with van der Waals surface area (Å²) in [4.78, 5) is 11.1. The minimum absolute atomic E-state index is 0.193. The highest BCUT2D eigenvalue weighted by atomic mass is 16.1. The van der Waals surface area contributed by atoms with Gasteiger partial charge in [0.25, 0.3) is 0 Å². The number of hydrogen-bond acceptors (Lipinski definition) is 1. The molecular weight excluding hydrogens is 174 g/mol. The summed E-state index contributed by atoms with van der Waals surface area (Å²) >= 11 is 0. The topological polar surface area (TPSA) is 29.1 Å². The molecule has 1 heterocycles. The van der Waals surface area contributed by atoms with E-state index in [9.17, 15) is 4.79 Å². The van der Waals surface area contributed by atoms with Gasteiger partial charge in [-0.3, -0.25) is 4.79 Å². The van der Waals surface area contributed by atoms with Crippen molar-refractivity contribution < 1.29 is 4.79 Å². The lowest BCUT2D eigenvalue weighted by Crippen LogP contribution is -2.30. The van der Waals surface area contributed by atoms with Crippen molar-refractivity contribution in [1.29, 1.82) is 0 Å². The van der Waals surface area contributed by atoms with E-state index >= 15 is 0 Å². The molecule has 2 unspecified atom stereocenters. The van der Waals surface area contributed by atoms with Crippen LogP contribution in [0.1, 0.15) is 18.9 Å². The summed E-state index contributed by atoms with van der Waals surface area (Å²) in [6.07, 6.45) is 1.63. The number of carbonyl (C=O) groups excluding carboxylic acids is 1. The largest absolute Gasteiger partial charge is 0.353 e. The van der Waals surface area contributed by atoms with Gasteiger partial charge in [0.15, 0.2) is 0 Å². The highest BCUT2D eigenvalue weighted by Crippen LogP contribution is 2.19. The molecule has 74 valence electrons. The zero-order chi connectivity index (χ0) is 9.97. The number of amides is 1. The summed E-state index contributed by atoms with van der Waals surface area (Å²) in [5, 5.41) is 3.01. The molecule has 1 aromatic rings. The molecule has 2 atom stereocenters. The smallest absolute Gasteiger partial charge is 0.220 e. The van der Waals surface area contributed by atoms with Crippen molar-refractivity contribution in [2.75, 3.05) is 0 Å². The molecule has 1 aromatic carbocycles. The van der Waals surface area contributed by atoms with Crippen LogP contribution in [0, 0.1) is 5.92 Å². The van der Waals surface area contributed by atoms with E-state index in [0.717, 1.165) is 6.42 Å². The maximum Gasteiger partial charge on any atom is 0.220 e. The van der Waals surface area contributed by atoms with E-state index in [1.165, 1.54) is 5.56 Å². The van der Waals surface area contributed by atoms with Gasteiger partial charge in [0.05, 0.1) is 0 Å². The molecule has 0 aliphatic carbocycles. The molecule has 0 saturated carbocycles. The van der Waals surface area contributed by atoms with Crippen LogP contribution in [-0.2, 0) is 11.2 Å². The molecular formula is C12H15NO. The first-order valence-corrected chi connectivity index (χ1v) is 5.09. The highest BCUT2D eigenvalue weighted by molar-refractivity contribution is 5.79. The Morgan fingerprint density at radius 1 is 1.36 bits per heavy atom. The van der Waals surface area contributed by atoms with E-state index in [4.69, 9.17) is 0 Å². The Labute approximate surface area is 84.3 Å². The van der Waals surface area contributed by atoms with Crippen LogP contribution in [0.15, 0.2) is 30.3 Å². The molecule has 1 fully saturated rings. The summed E-state index contributed by atoms with van der Waals surface area (Å²) in [5.41, 5.74) is 1.30. The number of rotatable bonds is 2. The Bertz CT molecular complexity index is 320. The van der Waals surface area contributed by atoms with Gasteiger partial charge in [0, 0.05) is 12.5 Å². The van der Waals surface area contributed by atoms with E-state index in [-0.39, 0.29) is 5.91 Å². The third kappa shape index (κ3) is 1.95. The van der Waals surface area contributed by atoms with Crippen LogP contribution in [0.5, 0.6) is 0 Å². The molecule has 0 bridgehead atoms. The van der Waals surface area contributed by atoms with Gasteiger partial charge in [-0.2, -0.15) is 0 Å². The minimum Gasteiger partial charge on any atom is -0.353 e. The molecule has 0 aromatic heterocycles. The predicted octanol–water partition coefficient (Wildman–Crippen LogP) is 1.75. The molecule has 1 N–H and O–H groups in total. The molecule has 0 radical (unpaired) electrons. The molecule has 2 rings (SSSR count). The molecule has 2 nitrogen and oxygen atoms in total. The quantitative estimate of drug-likeness (QED) is 0.754. The maximum absolute atomic E-state index is 11.1. The van der Waals surface area contributed by atoms with Crippen molar-refractivity contribution in [2.24, 2.45) is 5.92 Å². The lowest BCUT2D eigenvalue weighted by atomic mass is 9.96. The van der Waals surface area contributed by atoms with Gasteiger partial charge in [-0.25, -0.2) is 0 Å². The Balaban J connectivity index is 2.02. The second-order valence-corrected chi connectivity index (χ2v) is 4.05.